The van der Waals surface area contributed by atoms with E-state index in [0.717, 1.165) is 5.56 Å². The van der Waals surface area contributed by atoms with E-state index in [-0.39, 0.29) is 24.3 Å². The summed E-state index contributed by atoms with van der Waals surface area (Å²) in [7, 11) is 3.13. The van der Waals surface area contributed by atoms with E-state index in [1.54, 1.807) is 38.5 Å². The molecular formula is C17H20N2O5. The molecule has 24 heavy (non-hydrogen) atoms. The number of rotatable bonds is 7. The summed E-state index contributed by atoms with van der Waals surface area (Å²) in [5.41, 5.74) is 0.780. The van der Waals surface area contributed by atoms with Crippen LogP contribution in [0.1, 0.15) is 29.1 Å². The standard InChI is InChI=1S/C17H20N2O5/c1-11(13-9-12(22-2)6-7-14(13)23-3)19-16(20)10-18-17(21)15-5-4-8-24-15/h4-9,11H,10H2,1-3H3,(H,18,21)(H,19,20)/t11-/m1/s1. The van der Waals surface area contributed by atoms with E-state index < -0.39 is 5.91 Å². The average Bonchev–Trinajstić information content (AvgIpc) is 3.13. The minimum absolute atomic E-state index is 0.157. The highest BCUT2D eigenvalue weighted by Gasteiger charge is 2.16. The zero-order valence-corrected chi connectivity index (χ0v) is 13.8. The SMILES string of the molecule is COc1ccc(OC)c([C@@H](C)NC(=O)CNC(=O)c2ccco2)c1. The Morgan fingerprint density at radius 2 is 2.00 bits per heavy atom. The van der Waals surface area contributed by atoms with E-state index in [1.165, 1.54) is 12.3 Å². The van der Waals surface area contributed by atoms with Crippen LogP contribution in [0.5, 0.6) is 11.5 Å². The Bertz CT molecular complexity index is 697. The van der Waals surface area contributed by atoms with Gasteiger partial charge in [-0.3, -0.25) is 9.59 Å². The first-order chi connectivity index (χ1) is 11.5. The van der Waals surface area contributed by atoms with Gasteiger partial charge < -0.3 is 24.5 Å². The first-order valence-corrected chi connectivity index (χ1v) is 7.38. The predicted octanol–water partition coefficient (Wildman–Crippen LogP) is 1.90. The van der Waals surface area contributed by atoms with Crippen molar-refractivity contribution in [3.05, 3.63) is 47.9 Å². The van der Waals surface area contributed by atoms with Crippen molar-refractivity contribution >= 4 is 11.8 Å². The number of hydrogen-bond acceptors (Lipinski definition) is 5. The summed E-state index contributed by atoms with van der Waals surface area (Å²) in [6.07, 6.45) is 1.39. The topological polar surface area (TPSA) is 89.8 Å². The molecule has 128 valence electrons. The first kappa shape index (κ1) is 17.4. The van der Waals surface area contributed by atoms with Crippen molar-refractivity contribution in [1.82, 2.24) is 10.6 Å². The molecule has 0 bridgehead atoms. The molecule has 0 unspecified atom stereocenters. The molecule has 0 radical (unpaired) electrons. The molecule has 0 saturated heterocycles. The van der Waals surface area contributed by atoms with Gasteiger partial charge in [-0.1, -0.05) is 0 Å². The van der Waals surface area contributed by atoms with E-state index in [1.807, 2.05) is 6.92 Å². The summed E-state index contributed by atoms with van der Waals surface area (Å²) < 4.78 is 15.5. The van der Waals surface area contributed by atoms with Gasteiger partial charge in [0.05, 0.1) is 33.1 Å². The smallest absolute Gasteiger partial charge is 0.287 e. The van der Waals surface area contributed by atoms with E-state index in [9.17, 15) is 9.59 Å². The fourth-order valence-electron chi connectivity index (χ4n) is 2.20. The van der Waals surface area contributed by atoms with Gasteiger partial charge in [-0.2, -0.15) is 0 Å². The lowest BCUT2D eigenvalue weighted by molar-refractivity contribution is -0.120. The third-order valence-electron chi connectivity index (χ3n) is 3.44. The van der Waals surface area contributed by atoms with Gasteiger partial charge >= 0.3 is 0 Å². The van der Waals surface area contributed by atoms with Crippen LogP contribution in [0.4, 0.5) is 0 Å². The zero-order valence-electron chi connectivity index (χ0n) is 13.8. The normalized spacial score (nSPS) is 11.5. The third kappa shape index (κ3) is 4.28. The molecule has 0 fully saturated rings. The van der Waals surface area contributed by atoms with Crippen LogP contribution in [0.3, 0.4) is 0 Å². The van der Waals surface area contributed by atoms with Crippen LogP contribution in [0, 0.1) is 0 Å². The number of amides is 2. The van der Waals surface area contributed by atoms with Gasteiger partial charge in [0.15, 0.2) is 5.76 Å². The second kappa shape index (κ2) is 8.05. The molecule has 2 rings (SSSR count). The van der Waals surface area contributed by atoms with E-state index >= 15 is 0 Å². The molecule has 1 atom stereocenters. The Morgan fingerprint density at radius 3 is 2.62 bits per heavy atom. The Hall–Kier alpha value is -2.96. The minimum atomic E-state index is -0.443. The maximum absolute atomic E-state index is 12.0. The third-order valence-corrected chi connectivity index (χ3v) is 3.44. The van der Waals surface area contributed by atoms with Crippen LogP contribution < -0.4 is 20.1 Å². The number of methoxy groups -OCH3 is 2. The molecule has 7 nitrogen and oxygen atoms in total. The molecule has 1 aromatic heterocycles. The summed E-state index contributed by atoms with van der Waals surface area (Å²) in [5, 5.41) is 5.30. The Balaban J connectivity index is 1.95. The van der Waals surface area contributed by atoms with Crippen LogP contribution in [0.15, 0.2) is 41.0 Å². The van der Waals surface area contributed by atoms with Gasteiger partial charge in [0, 0.05) is 5.56 Å². The fraction of sp³-hybridized carbons (Fsp3) is 0.294. The maximum Gasteiger partial charge on any atom is 0.287 e. The highest BCUT2D eigenvalue weighted by atomic mass is 16.5. The van der Waals surface area contributed by atoms with Crippen molar-refractivity contribution in [3.63, 3.8) is 0 Å². The quantitative estimate of drug-likeness (QED) is 0.808. The van der Waals surface area contributed by atoms with Crippen LogP contribution in [-0.2, 0) is 4.79 Å². The predicted molar refractivity (Wildman–Crippen MR) is 87.1 cm³/mol. The molecule has 0 spiro atoms. The molecule has 0 aliphatic carbocycles. The highest BCUT2D eigenvalue weighted by molar-refractivity contribution is 5.94. The molecule has 2 N–H and O–H groups in total. The lowest BCUT2D eigenvalue weighted by Gasteiger charge is -2.18. The van der Waals surface area contributed by atoms with Crippen molar-refractivity contribution in [2.45, 2.75) is 13.0 Å². The molecule has 2 aromatic rings. The average molecular weight is 332 g/mol. The summed E-state index contributed by atoms with van der Waals surface area (Å²) in [6, 6.07) is 8.16. The number of ether oxygens (including phenoxy) is 2. The van der Waals surface area contributed by atoms with Gasteiger partial charge in [-0.05, 0) is 37.3 Å². The first-order valence-electron chi connectivity index (χ1n) is 7.38. The highest BCUT2D eigenvalue weighted by Crippen LogP contribution is 2.29. The number of nitrogens with one attached hydrogen (secondary N) is 2. The second-order valence-electron chi connectivity index (χ2n) is 5.06. The lowest BCUT2D eigenvalue weighted by Crippen LogP contribution is -2.38. The zero-order chi connectivity index (χ0) is 17.5. The molecular weight excluding hydrogens is 312 g/mol. The summed E-state index contributed by atoms with van der Waals surface area (Å²) in [4.78, 5) is 23.8. The number of benzene rings is 1. The molecule has 2 amide bonds. The van der Waals surface area contributed by atoms with Gasteiger partial charge in [0.1, 0.15) is 11.5 Å². The van der Waals surface area contributed by atoms with Gasteiger partial charge in [-0.25, -0.2) is 0 Å². The fourth-order valence-corrected chi connectivity index (χ4v) is 2.20. The Morgan fingerprint density at radius 1 is 1.21 bits per heavy atom. The van der Waals surface area contributed by atoms with Gasteiger partial charge in [-0.15, -0.1) is 0 Å². The monoisotopic (exact) mass is 332 g/mol. The maximum atomic E-state index is 12.0. The molecule has 0 aliphatic heterocycles. The molecule has 7 heteroatoms. The molecule has 0 aliphatic rings. The van der Waals surface area contributed by atoms with Crippen molar-refractivity contribution in [2.75, 3.05) is 20.8 Å². The minimum Gasteiger partial charge on any atom is -0.497 e. The van der Waals surface area contributed by atoms with Crippen LogP contribution in [0.2, 0.25) is 0 Å². The van der Waals surface area contributed by atoms with Crippen molar-refractivity contribution in [3.8, 4) is 11.5 Å². The number of carbonyl (C=O) groups is 2. The van der Waals surface area contributed by atoms with Crippen molar-refractivity contribution in [2.24, 2.45) is 0 Å². The Kier molecular flexibility index (Phi) is 5.83. The lowest BCUT2D eigenvalue weighted by atomic mass is 10.1. The summed E-state index contributed by atoms with van der Waals surface area (Å²) >= 11 is 0. The van der Waals surface area contributed by atoms with Crippen LogP contribution in [-0.4, -0.2) is 32.6 Å². The van der Waals surface area contributed by atoms with E-state index in [4.69, 9.17) is 13.9 Å². The number of furan rings is 1. The van der Waals surface area contributed by atoms with E-state index in [2.05, 4.69) is 10.6 Å². The Labute approximate surface area is 139 Å². The number of hydrogen-bond donors (Lipinski definition) is 2. The second-order valence-corrected chi connectivity index (χ2v) is 5.06. The van der Waals surface area contributed by atoms with Crippen molar-refractivity contribution in [1.29, 1.82) is 0 Å². The number of carbonyl (C=O) groups excluding carboxylic acids is 2. The van der Waals surface area contributed by atoms with Crippen LogP contribution >= 0.6 is 0 Å². The molecule has 1 aromatic carbocycles. The van der Waals surface area contributed by atoms with E-state index in [0.29, 0.717) is 11.5 Å². The van der Waals surface area contributed by atoms with Gasteiger partial charge in [0.2, 0.25) is 5.91 Å². The summed E-state index contributed by atoms with van der Waals surface area (Å²) in [5.74, 6) is 0.695. The molecule has 0 saturated carbocycles. The largest absolute Gasteiger partial charge is 0.497 e. The molecule has 1 heterocycles. The van der Waals surface area contributed by atoms with Crippen molar-refractivity contribution < 1.29 is 23.5 Å². The summed E-state index contributed by atoms with van der Waals surface area (Å²) in [6.45, 7) is 1.67. The van der Waals surface area contributed by atoms with Crippen LogP contribution in [0.25, 0.3) is 0 Å². The van der Waals surface area contributed by atoms with Gasteiger partial charge in [0.25, 0.3) is 5.91 Å².